The third-order valence-electron chi connectivity index (χ3n) is 5.87. The molecule has 4 heteroatoms. The number of ether oxygens (including phenoxy) is 1. The molecule has 2 saturated carbocycles. The topological polar surface area (TPSA) is 32.7 Å². The van der Waals surface area contributed by atoms with Crippen LogP contribution >= 0.6 is 12.4 Å². The Kier molecular flexibility index (Phi) is 6.79. The maximum Gasteiger partial charge on any atom is 0.0900 e. The van der Waals surface area contributed by atoms with Gasteiger partial charge < -0.3 is 14.7 Å². The fraction of sp³-hybridized carbons (Fsp3) is 1.00. The SMILES string of the molecule is CC1CCN(CC(O)COCC2CC3CCC2C3)CC1.Cl. The van der Waals surface area contributed by atoms with Crippen molar-refractivity contribution < 1.29 is 9.84 Å². The van der Waals surface area contributed by atoms with Gasteiger partial charge in [0, 0.05) is 13.2 Å². The van der Waals surface area contributed by atoms with E-state index >= 15 is 0 Å². The van der Waals surface area contributed by atoms with Gasteiger partial charge in [-0.25, -0.2) is 0 Å². The highest BCUT2D eigenvalue weighted by Gasteiger charge is 2.39. The van der Waals surface area contributed by atoms with Gasteiger partial charge in [0.05, 0.1) is 12.7 Å². The molecule has 0 spiro atoms. The molecule has 4 unspecified atom stereocenters. The van der Waals surface area contributed by atoms with E-state index in [-0.39, 0.29) is 18.5 Å². The van der Waals surface area contributed by atoms with Crippen molar-refractivity contribution in [3.8, 4) is 0 Å². The van der Waals surface area contributed by atoms with E-state index in [1.807, 2.05) is 0 Å². The van der Waals surface area contributed by atoms with Crippen LogP contribution in [-0.4, -0.2) is 49.0 Å². The van der Waals surface area contributed by atoms with Crippen molar-refractivity contribution in [1.29, 1.82) is 0 Å². The molecular weight excluding hydrogens is 286 g/mol. The van der Waals surface area contributed by atoms with Gasteiger partial charge in [0.2, 0.25) is 0 Å². The summed E-state index contributed by atoms with van der Waals surface area (Å²) >= 11 is 0. The number of rotatable bonds is 6. The zero-order valence-corrected chi connectivity index (χ0v) is 14.2. The summed E-state index contributed by atoms with van der Waals surface area (Å²) in [6.45, 7) is 6.82. The van der Waals surface area contributed by atoms with Crippen LogP contribution in [0.5, 0.6) is 0 Å². The lowest BCUT2D eigenvalue weighted by Crippen LogP contribution is -2.40. The first kappa shape index (κ1) is 17.5. The summed E-state index contributed by atoms with van der Waals surface area (Å²) in [5.41, 5.74) is 0. The zero-order valence-electron chi connectivity index (χ0n) is 13.4. The molecule has 2 aliphatic carbocycles. The Morgan fingerprint density at radius 1 is 1.14 bits per heavy atom. The molecule has 0 aromatic heterocycles. The Morgan fingerprint density at radius 2 is 1.90 bits per heavy atom. The molecule has 4 atom stereocenters. The van der Waals surface area contributed by atoms with Crippen molar-refractivity contribution in [2.75, 3.05) is 32.8 Å². The van der Waals surface area contributed by atoms with Gasteiger partial charge in [-0.15, -0.1) is 12.4 Å². The summed E-state index contributed by atoms with van der Waals surface area (Å²) in [7, 11) is 0. The lowest BCUT2D eigenvalue weighted by Gasteiger charge is -2.31. The minimum Gasteiger partial charge on any atom is -0.389 e. The van der Waals surface area contributed by atoms with Crippen molar-refractivity contribution in [1.82, 2.24) is 4.90 Å². The number of β-amino-alcohol motifs (C(OH)–C–C–N with tert-alkyl or cyclic N) is 1. The Bertz CT molecular complexity index is 307. The van der Waals surface area contributed by atoms with Gasteiger partial charge in [-0.2, -0.15) is 0 Å². The highest BCUT2D eigenvalue weighted by atomic mass is 35.5. The van der Waals surface area contributed by atoms with Crippen molar-refractivity contribution >= 4 is 12.4 Å². The first-order valence-electron chi connectivity index (χ1n) is 8.69. The predicted molar refractivity (Wildman–Crippen MR) is 87.8 cm³/mol. The standard InChI is InChI=1S/C17H31NO2.ClH/c1-13-4-6-18(7-5-13)10-17(19)12-20-11-16-9-14-2-3-15(16)8-14;/h13-17,19H,2-12H2,1H3;1H. The Hall–Kier alpha value is 0.170. The molecule has 1 heterocycles. The van der Waals surface area contributed by atoms with E-state index in [1.165, 1.54) is 38.5 Å². The van der Waals surface area contributed by atoms with Crippen molar-refractivity contribution in [2.24, 2.45) is 23.7 Å². The monoisotopic (exact) mass is 317 g/mol. The minimum atomic E-state index is -0.304. The Labute approximate surface area is 135 Å². The smallest absolute Gasteiger partial charge is 0.0900 e. The molecule has 0 aromatic rings. The summed E-state index contributed by atoms with van der Waals surface area (Å²) in [6, 6.07) is 0. The van der Waals surface area contributed by atoms with Crippen LogP contribution < -0.4 is 0 Å². The summed E-state index contributed by atoms with van der Waals surface area (Å²) < 4.78 is 5.82. The van der Waals surface area contributed by atoms with Crippen LogP contribution in [0.15, 0.2) is 0 Å². The van der Waals surface area contributed by atoms with Gasteiger partial charge >= 0.3 is 0 Å². The number of fused-ring (bicyclic) bond motifs is 2. The third-order valence-corrected chi connectivity index (χ3v) is 5.87. The van der Waals surface area contributed by atoms with Crippen molar-refractivity contribution in [2.45, 2.75) is 51.6 Å². The average Bonchev–Trinajstić information content (AvgIpc) is 3.04. The summed E-state index contributed by atoms with van der Waals surface area (Å²) in [5, 5.41) is 10.1. The zero-order chi connectivity index (χ0) is 13.9. The van der Waals surface area contributed by atoms with Gasteiger partial charge in [-0.3, -0.25) is 0 Å². The van der Waals surface area contributed by atoms with Crippen LogP contribution in [0.4, 0.5) is 0 Å². The molecule has 1 saturated heterocycles. The molecule has 1 aliphatic heterocycles. The van der Waals surface area contributed by atoms with Crippen LogP contribution in [0.25, 0.3) is 0 Å². The maximum atomic E-state index is 10.1. The normalized spacial score (nSPS) is 34.9. The molecule has 1 N–H and O–H groups in total. The first-order chi connectivity index (χ1) is 9.70. The highest BCUT2D eigenvalue weighted by molar-refractivity contribution is 5.85. The van der Waals surface area contributed by atoms with E-state index in [4.69, 9.17) is 4.74 Å². The number of nitrogens with zero attached hydrogens (tertiary/aromatic N) is 1. The molecule has 21 heavy (non-hydrogen) atoms. The number of aliphatic hydroxyl groups excluding tert-OH is 1. The second kappa shape index (κ2) is 8.14. The number of halogens is 1. The van der Waals surface area contributed by atoms with Crippen LogP contribution in [0, 0.1) is 23.7 Å². The Morgan fingerprint density at radius 3 is 2.52 bits per heavy atom. The average molecular weight is 318 g/mol. The number of likely N-dealkylation sites (tertiary alicyclic amines) is 1. The van der Waals surface area contributed by atoms with E-state index in [0.29, 0.717) is 6.61 Å². The molecule has 2 bridgehead atoms. The number of aliphatic hydroxyl groups is 1. The molecule has 124 valence electrons. The van der Waals surface area contributed by atoms with E-state index < -0.39 is 0 Å². The summed E-state index contributed by atoms with van der Waals surface area (Å²) in [6.07, 6.45) is 7.96. The molecule has 3 rings (SSSR count). The lowest BCUT2D eigenvalue weighted by atomic mass is 9.90. The number of hydrogen-bond donors (Lipinski definition) is 1. The molecule has 3 nitrogen and oxygen atoms in total. The lowest BCUT2D eigenvalue weighted by molar-refractivity contribution is -0.00595. The second-order valence-corrected chi connectivity index (χ2v) is 7.61. The van der Waals surface area contributed by atoms with E-state index in [2.05, 4.69) is 11.8 Å². The summed E-state index contributed by atoms with van der Waals surface area (Å²) in [5.74, 6) is 3.57. The van der Waals surface area contributed by atoms with Crippen molar-refractivity contribution in [3.63, 3.8) is 0 Å². The maximum absolute atomic E-state index is 10.1. The van der Waals surface area contributed by atoms with Crippen LogP contribution in [0.2, 0.25) is 0 Å². The van der Waals surface area contributed by atoms with E-state index in [9.17, 15) is 5.11 Å². The highest BCUT2D eigenvalue weighted by Crippen LogP contribution is 2.48. The van der Waals surface area contributed by atoms with Gasteiger partial charge in [-0.05, 0) is 68.9 Å². The third kappa shape index (κ3) is 4.82. The quantitative estimate of drug-likeness (QED) is 0.817. The number of piperidine rings is 1. The molecule has 0 radical (unpaired) electrons. The van der Waals surface area contributed by atoms with Crippen LogP contribution in [0.1, 0.15) is 45.4 Å². The predicted octanol–water partition coefficient (Wildman–Crippen LogP) is 2.95. The fourth-order valence-corrected chi connectivity index (χ4v) is 4.53. The van der Waals surface area contributed by atoms with Crippen LogP contribution in [-0.2, 0) is 4.74 Å². The van der Waals surface area contributed by atoms with E-state index in [1.54, 1.807) is 0 Å². The molecule has 3 aliphatic rings. The molecular formula is C17H32ClNO2. The second-order valence-electron chi connectivity index (χ2n) is 7.61. The molecule has 0 aromatic carbocycles. The van der Waals surface area contributed by atoms with Crippen molar-refractivity contribution in [3.05, 3.63) is 0 Å². The molecule has 0 amide bonds. The minimum absolute atomic E-state index is 0. The van der Waals surface area contributed by atoms with E-state index in [0.717, 1.165) is 49.9 Å². The van der Waals surface area contributed by atoms with Gasteiger partial charge in [0.1, 0.15) is 0 Å². The molecule has 3 fully saturated rings. The fourth-order valence-electron chi connectivity index (χ4n) is 4.53. The van der Waals surface area contributed by atoms with Crippen LogP contribution in [0.3, 0.4) is 0 Å². The Balaban J connectivity index is 0.00000161. The van der Waals surface area contributed by atoms with Gasteiger partial charge in [0.15, 0.2) is 0 Å². The number of hydrogen-bond acceptors (Lipinski definition) is 3. The van der Waals surface area contributed by atoms with Gasteiger partial charge in [-0.1, -0.05) is 13.3 Å². The largest absolute Gasteiger partial charge is 0.389 e. The van der Waals surface area contributed by atoms with Gasteiger partial charge in [0.25, 0.3) is 0 Å². The first-order valence-corrected chi connectivity index (χ1v) is 8.69. The summed E-state index contributed by atoms with van der Waals surface area (Å²) in [4.78, 5) is 2.39.